The summed E-state index contributed by atoms with van der Waals surface area (Å²) in [6, 6.07) is 17.8. The molecule has 0 saturated heterocycles. The number of amides is 1. The SMILES string of the molecule is CC(CNC(=O)CCn1c(=O)c2cccn2c2ccc(F)cc21)c1ccccc1. The van der Waals surface area contributed by atoms with Crippen molar-refractivity contribution in [2.24, 2.45) is 0 Å². The lowest BCUT2D eigenvalue weighted by Crippen LogP contribution is -2.30. The van der Waals surface area contributed by atoms with Gasteiger partial charge in [-0.05, 0) is 41.8 Å². The van der Waals surface area contributed by atoms with E-state index in [0.29, 0.717) is 17.6 Å². The molecule has 0 radical (unpaired) electrons. The summed E-state index contributed by atoms with van der Waals surface area (Å²) >= 11 is 0. The van der Waals surface area contributed by atoms with Crippen molar-refractivity contribution in [2.45, 2.75) is 25.8 Å². The molecule has 1 atom stereocenters. The third kappa shape index (κ3) is 3.78. The number of aromatic nitrogens is 2. The van der Waals surface area contributed by atoms with Crippen molar-refractivity contribution in [3.8, 4) is 0 Å². The monoisotopic (exact) mass is 391 g/mol. The molecule has 2 aromatic carbocycles. The van der Waals surface area contributed by atoms with E-state index in [4.69, 9.17) is 0 Å². The molecule has 0 fully saturated rings. The Morgan fingerprint density at radius 2 is 1.83 bits per heavy atom. The molecule has 0 spiro atoms. The fourth-order valence-electron chi connectivity index (χ4n) is 3.62. The smallest absolute Gasteiger partial charge is 0.275 e. The van der Waals surface area contributed by atoms with Crippen LogP contribution in [-0.2, 0) is 11.3 Å². The summed E-state index contributed by atoms with van der Waals surface area (Å²) in [6.07, 6.45) is 1.92. The van der Waals surface area contributed by atoms with E-state index in [9.17, 15) is 14.0 Å². The van der Waals surface area contributed by atoms with Gasteiger partial charge in [0.2, 0.25) is 5.91 Å². The number of carbonyl (C=O) groups is 1. The Morgan fingerprint density at radius 1 is 1.03 bits per heavy atom. The van der Waals surface area contributed by atoms with Gasteiger partial charge >= 0.3 is 0 Å². The molecule has 29 heavy (non-hydrogen) atoms. The van der Waals surface area contributed by atoms with Gasteiger partial charge in [-0.15, -0.1) is 0 Å². The van der Waals surface area contributed by atoms with Gasteiger partial charge < -0.3 is 14.3 Å². The normalized spacial score (nSPS) is 12.3. The number of fused-ring (bicyclic) bond motifs is 3. The predicted octanol–water partition coefficient (Wildman–Crippen LogP) is 3.70. The summed E-state index contributed by atoms with van der Waals surface area (Å²) in [4.78, 5) is 25.2. The first-order valence-electron chi connectivity index (χ1n) is 9.65. The number of nitrogens with one attached hydrogen (secondary N) is 1. The standard InChI is InChI=1S/C23H22FN3O2/c1-16(17-6-3-2-4-7-17)15-25-22(28)11-13-27-21-14-18(24)9-10-19(21)26-12-5-8-20(26)23(27)29/h2-10,12,14,16H,11,13,15H2,1H3,(H,25,28). The second-order valence-electron chi connectivity index (χ2n) is 7.22. The Morgan fingerprint density at radius 3 is 2.62 bits per heavy atom. The molecule has 0 aliphatic heterocycles. The van der Waals surface area contributed by atoms with Crippen LogP contribution in [0, 0.1) is 5.82 Å². The van der Waals surface area contributed by atoms with Gasteiger partial charge in [0.25, 0.3) is 5.56 Å². The fourth-order valence-corrected chi connectivity index (χ4v) is 3.62. The van der Waals surface area contributed by atoms with E-state index in [1.807, 2.05) is 30.3 Å². The Labute approximate surface area is 167 Å². The van der Waals surface area contributed by atoms with Gasteiger partial charge in [0.15, 0.2) is 0 Å². The quantitative estimate of drug-likeness (QED) is 0.545. The highest BCUT2D eigenvalue weighted by Gasteiger charge is 2.13. The van der Waals surface area contributed by atoms with Crippen LogP contribution in [0.25, 0.3) is 16.6 Å². The zero-order valence-electron chi connectivity index (χ0n) is 16.1. The number of hydrogen-bond donors (Lipinski definition) is 1. The van der Waals surface area contributed by atoms with E-state index in [1.54, 1.807) is 28.8 Å². The average molecular weight is 391 g/mol. The van der Waals surface area contributed by atoms with Gasteiger partial charge in [-0.2, -0.15) is 0 Å². The first-order chi connectivity index (χ1) is 14.0. The Balaban J connectivity index is 1.51. The van der Waals surface area contributed by atoms with E-state index in [-0.39, 0.29) is 30.3 Å². The summed E-state index contributed by atoms with van der Waals surface area (Å²) in [7, 11) is 0. The van der Waals surface area contributed by atoms with Crippen molar-refractivity contribution >= 4 is 22.5 Å². The van der Waals surface area contributed by atoms with Crippen molar-refractivity contribution in [3.05, 3.63) is 88.6 Å². The molecule has 1 N–H and O–H groups in total. The summed E-state index contributed by atoms with van der Waals surface area (Å²) in [6.45, 7) is 2.76. The van der Waals surface area contributed by atoms with Crippen molar-refractivity contribution < 1.29 is 9.18 Å². The summed E-state index contributed by atoms with van der Waals surface area (Å²) in [5, 5.41) is 2.93. The molecule has 0 aliphatic rings. The summed E-state index contributed by atoms with van der Waals surface area (Å²) < 4.78 is 17.1. The third-order valence-corrected chi connectivity index (χ3v) is 5.24. The van der Waals surface area contributed by atoms with Gasteiger partial charge in [-0.3, -0.25) is 9.59 Å². The number of halogens is 1. The zero-order chi connectivity index (χ0) is 20.4. The van der Waals surface area contributed by atoms with Crippen LogP contribution in [0.3, 0.4) is 0 Å². The predicted molar refractivity (Wildman–Crippen MR) is 112 cm³/mol. The molecule has 0 saturated carbocycles. The molecule has 148 valence electrons. The number of hydrogen-bond acceptors (Lipinski definition) is 2. The van der Waals surface area contributed by atoms with Crippen molar-refractivity contribution in [1.29, 1.82) is 0 Å². The molecular weight excluding hydrogens is 369 g/mol. The Bertz CT molecular complexity index is 1230. The second kappa shape index (κ2) is 7.91. The lowest BCUT2D eigenvalue weighted by molar-refractivity contribution is -0.121. The Hall–Kier alpha value is -3.41. The molecule has 4 aromatic rings. The molecule has 4 rings (SSSR count). The van der Waals surface area contributed by atoms with Gasteiger partial charge in [0.1, 0.15) is 11.3 Å². The first kappa shape index (κ1) is 18.9. The van der Waals surface area contributed by atoms with Gasteiger partial charge in [-0.25, -0.2) is 4.39 Å². The maximum absolute atomic E-state index is 13.8. The molecule has 0 aliphatic carbocycles. The van der Waals surface area contributed by atoms with Crippen LogP contribution in [0.4, 0.5) is 4.39 Å². The second-order valence-corrected chi connectivity index (χ2v) is 7.22. The largest absolute Gasteiger partial charge is 0.355 e. The highest BCUT2D eigenvalue weighted by molar-refractivity contribution is 5.80. The van der Waals surface area contributed by atoms with Gasteiger partial charge in [-0.1, -0.05) is 37.3 Å². The van der Waals surface area contributed by atoms with Gasteiger partial charge in [0, 0.05) is 25.7 Å². The molecule has 5 nitrogen and oxygen atoms in total. The number of aryl methyl sites for hydroxylation is 1. The number of rotatable bonds is 6. The van der Waals surface area contributed by atoms with Crippen molar-refractivity contribution in [3.63, 3.8) is 0 Å². The summed E-state index contributed by atoms with van der Waals surface area (Å²) in [5.74, 6) is -0.368. The van der Waals surface area contributed by atoms with E-state index >= 15 is 0 Å². The topological polar surface area (TPSA) is 55.5 Å². The molecule has 1 unspecified atom stereocenters. The number of carbonyl (C=O) groups excluding carboxylic acids is 1. The number of nitrogens with zero attached hydrogens (tertiary/aromatic N) is 2. The average Bonchev–Trinajstić information content (AvgIpc) is 3.22. The molecule has 2 aromatic heterocycles. The number of benzene rings is 2. The van der Waals surface area contributed by atoms with Crippen LogP contribution >= 0.6 is 0 Å². The minimum atomic E-state index is -0.418. The molecule has 0 bridgehead atoms. The van der Waals surface area contributed by atoms with Crippen LogP contribution in [-0.4, -0.2) is 21.4 Å². The molecule has 1 amide bonds. The minimum Gasteiger partial charge on any atom is -0.355 e. The van der Waals surface area contributed by atoms with E-state index in [1.165, 1.54) is 16.7 Å². The molecule has 2 heterocycles. The van der Waals surface area contributed by atoms with Crippen molar-refractivity contribution in [1.82, 2.24) is 14.3 Å². The highest BCUT2D eigenvalue weighted by Crippen LogP contribution is 2.17. The van der Waals surface area contributed by atoms with E-state index < -0.39 is 5.82 Å². The van der Waals surface area contributed by atoms with Crippen molar-refractivity contribution in [2.75, 3.05) is 6.54 Å². The minimum absolute atomic E-state index is 0.139. The zero-order valence-corrected chi connectivity index (χ0v) is 16.1. The van der Waals surface area contributed by atoms with Gasteiger partial charge in [0.05, 0.1) is 11.0 Å². The molecular formula is C23H22FN3O2. The fraction of sp³-hybridized carbons (Fsp3) is 0.217. The summed E-state index contributed by atoms with van der Waals surface area (Å²) in [5.41, 5.74) is 2.62. The van der Waals surface area contributed by atoms with Crippen LogP contribution < -0.4 is 10.9 Å². The third-order valence-electron chi connectivity index (χ3n) is 5.24. The molecule has 6 heteroatoms. The lowest BCUT2D eigenvalue weighted by atomic mass is 10.0. The maximum Gasteiger partial charge on any atom is 0.275 e. The first-order valence-corrected chi connectivity index (χ1v) is 9.65. The van der Waals surface area contributed by atoms with Crippen LogP contribution in [0.2, 0.25) is 0 Å². The lowest BCUT2D eigenvalue weighted by Gasteiger charge is -2.15. The van der Waals surface area contributed by atoms with E-state index in [0.717, 1.165) is 11.1 Å². The van der Waals surface area contributed by atoms with Crippen LogP contribution in [0.5, 0.6) is 0 Å². The van der Waals surface area contributed by atoms with E-state index in [2.05, 4.69) is 12.2 Å². The van der Waals surface area contributed by atoms with Crippen LogP contribution in [0.15, 0.2) is 71.7 Å². The highest BCUT2D eigenvalue weighted by atomic mass is 19.1. The van der Waals surface area contributed by atoms with Crippen LogP contribution in [0.1, 0.15) is 24.8 Å². The maximum atomic E-state index is 13.8. The Kier molecular flexibility index (Phi) is 5.16.